The van der Waals surface area contributed by atoms with Crippen molar-refractivity contribution in [3.8, 4) is 5.69 Å². The largest absolute Gasteiger partial charge is 0.316 e. The first-order valence-electron chi connectivity index (χ1n) is 8.53. The summed E-state index contributed by atoms with van der Waals surface area (Å²) < 4.78 is 29.2. The summed E-state index contributed by atoms with van der Waals surface area (Å²) in [5.74, 6) is -0.786. The summed E-state index contributed by atoms with van der Waals surface area (Å²) in [5, 5.41) is 10.8. The molecule has 0 fully saturated rings. The number of nitrogens with one attached hydrogen (secondary N) is 1. The molecule has 0 aliphatic heterocycles. The van der Waals surface area contributed by atoms with Crippen LogP contribution < -0.4 is 4.72 Å². The molecule has 1 N–H and O–H groups in total. The lowest BCUT2D eigenvalue weighted by molar-refractivity contribution is -0.385. The van der Waals surface area contributed by atoms with Gasteiger partial charge < -0.3 is 4.57 Å². The van der Waals surface area contributed by atoms with E-state index in [1.165, 1.54) is 6.92 Å². The van der Waals surface area contributed by atoms with Gasteiger partial charge in [0.05, 0.1) is 27.3 Å². The van der Waals surface area contributed by atoms with Crippen LogP contribution in [0.15, 0.2) is 53.7 Å². The van der Waals surface area contributed by atoms with E-state index < -0.39 is 20.9 Å². The zero-order valence-corrected chi connectivity index (χ0v) is 16.7. The molecule has 0 saturated heterocycles. The summed E-state index contributed by atoms with van der Waals surface area (Å²) in [7, 11) is -4.21. The van der Waals surface area contributed by atoms with Crippen LogP contribution in [0, 0.1) is 30.9 Å². The van der Waals surface area contributed by atoms with Crippen LogP contribution in [0.5, 0.6) is 0 Å². The number of nitro groups is 1. The van der Waals surface area contributed by atoms with Crippen LogP contribution in [0.1, 0.15) is 27.3 Å². The van der Waals surface area contributed by atoms with Crippen LogP contribution in [0.4, 0.5) is 5.69 Å². The minimum atomic E-state index is -4.21. The third-order valence-corrected chi connectivity index (χ3v) is 5.96. The van der Waals surface area contributed by atoms with Gasteiger partial charge in [-0.2, -0.15) is 0 Å². The van der Waals surface area contributed by atoms with Crippen LogP contribution in [-0.2, 0) is 10.0 Å². The van der Waals surface area contributed by atoms with E-state index in [-0.39, 0.29) is 21.7 Å². The Morgan fingerprint density at radius 3 is 2.48 bits per heavy atom. The molecule has 10 heteroatoms. The molecule has 3 rings (SSSR count). The van der Waals surface area contributed by atoms with Crippen LogP contribution in [0.2, 0.25) is 0 Å². The SMILES string of the molecule is Cc1cc([N+](=O)[O-])ccc1S(=O)(=O)NC(=O)c1cc(C)n(-c2cccnc2)c1C. The van der Waals surface area contributed by atoms with Crippen molar-refractivity contribution in [1.82, 2.24) is 14.3 Å². The summed E-state index contributed by atoms with van der Waals surface area (Å²) in [6, 6.07) is 8.52. The van der Waals surface area contributed by atoms with E-state index in [0.29, 0.717) is 5.69 Å². The molecule has 1 amide bonds. The number of carbonyl (C=O) groups excluding carboxylic acids is 1. The van der Waals surface area contributed by atoms with E-state index in [1.54, 1.807) is 42.9 Å². The average molecular weight is 414 g/mol. The molecular weight excluding hydrogens is 396 g/mol. The first kappa shape index (κ1) is 20.2. The fourth-order valence-electron chi connectivity index (χ4n) is 3.16. The number of sulfonamides is 1. The summed E-state index contributed by atoms with van der Waals surface area (Å²) in [4.78, 5) is 26.8. The summed E-state index contributed by atoms with van der Waals surface area (Å²) in [6.45, 7) is 4.94. The Morgan fingerprint density at radius 2 is 1.90 bits per heavy atom. The molecule has 150 valence electrons. The van der Waals surface area contributed by atoms with Crippen molar-refractivity contribution in [1.29, 1.82) is 0 Å². The number of hydrogen-bond acceptors (Lipinski definition) is 6. The van der Waals surface area contributed by atoms with E-state index in [2.05, 4.69) is 4.98 Å². The highest BCUT2D eigenvalue weighted by atomic mass is 32.2. The molecule has 0 atom stereocenters. The van der Waals surface area contributed by atoms with Crippen LogP contribution >= 0.6 is 0 Å². The molecule has 2 heterocycles. The number of benzene rings is 1. The van der Waals surface area contributed by atoms with Crippen molar-refractivity contribution in [2.24, 2.45) is 0 Å². The topological polar surface area (TPSA) is 124 Å². The number of amides is 1. The molecule has 0 bridgehead atoms. The molecule has 1 aromatic carbocycles. The minimum Gasteiger partial charge on any atom is -0.316 e. The maximum absolute atomic E-state index is 12.7. The highest BCUT2D eigenvalue weighted by Gasteiger charge is 2.25. The molecule has 0 spiro atoms. The van der Waals surface area contributed by atoms with Gasteiger partial charge in [-0.1, -0.05) is 0 Å². The lowest BCUT2D eigenvalue weighted by Crippen LogP contribution is -2.31. The zero-order chi connectivity index (χ0) is 21.3. The number of nitro benzene ring substituents is 1. The van der Waals surface area contributed by atoms with Crippen molar-refractivity contribution in [3.05, 3.63) is 81.4 Å². The molecule has 0 aliphatic rings. The quantitative estimate of drug-likeness (QED) is 0.506. The second kappa shape index (κ2) is 7.47. The highest BCUT2D eigenvalue weighted by molar-refractivity contribution is 7.90. The molecule has 9 nitrogen and oxygen atoms in total. The van der Waals surface area contributed by atoms with Crippen molar-refractivity contribution in [2.45, 2.75) is 25.7 Å². The number of pyridine rings is 1. The normalized spacial score (nSPS) is 11.3. The Hall–Kier alpha value is -3.53. The highest BCUT2D eigenvalue weighted by Crippen LogP contribution is 2.23. The number of aromatic nitrogens is 2. The predicted octanol–water partition coefficient (Wildman–Crippen LogP) is 2.82. The van der Waals surface area contributed by atoms with Gasteiger partial charge in [0, 0.05) is 29.7 Å². The van der Waals surface area contributed by atoms with Gasteiger partial charge in [0.2, 0.25) is 0 Å². The van der Waals surface area contributed by atoms with Gasteiger partial charge in [0.1, 0.15) is 0 Å². The van der Waals surface area contributed by atoms with Gasteiger partial charge in [0.15, 0.2) is 0 Å². The smallest absolute Gasteiger partial charge is 0.269 e. The van der Waals surface area contributed by atoms with E-state index in [4.69, 9.17) is 0 Å². The lowest BCUT2D eigenvalue weighted by Gasteiger charge is -2.11. The first-order valence-corrected chi connectivity index (χ1v) is 10.0. The second-order valence-electron chi connectivity index (χ2n) is 6.47. The number of aryl methyl sites for hydroxylation is 2. The first-order chi connectivity index (χ1) is 13.6. The van der Waals surface area contributed by atoms with E-state index in [0.717, 1.165) is 29.6 Å². The van der Waals surface area contributed by atoms with Crippen LogP contribution in [0.25, 0.3) is 5.69 Å². The van der Waals surface area contributed by atoms with Gasteiger partial charge in [0.25, 0.3) is 21.6 Å². The fraction of sp³-hybridized carbons (Fsp3) is 0.158. The van der Waals surface area contributed by atoms with Crippen molar-refractivity contribution in [2.75, 3.05) is 0 Å². The maximum atomic E-state index is 12.7. The zero-order valence-electron chi connectivity index (χ0n) is 15.9. The monoisotopic (exact) mass is 414 g/mol. The lowest BCUT2D eigenvalue weighted by atomic mass is 10.2. The fourth-order valence-corrected chi connectivity index (χ4v) is 4.35. The molecule has 2 aromatic heterocycles. The molecule has 3 aromatic rings. The number of nitrogens with zero attached hydrogens (tertiary/aromatic N) is 3. The Balaban J connectivity index is 1.94. The Morgan fingerprint density at radius 1 is 1.17 bits per heavy atom. The van der Waals surface area contributed by atoms with Gasteiger partial charge in [-0.3, -0.25) is 19.9 Å². The maximum Gasteiger partial charge on any atom is 0.269 e. The molecule has 0 saturated carbocycles. The summed E-state index contributed by atoms with van der Waals surface area (Å²) in [5.41, 5.74) is 2.19. The van der Waals surface area contributed by atoms with E-state index >= 15 is 0 Å². The van der Waals surface area contributed by atoms with E-state index in [1.807, 2.05) is 10.8 Å². The predicted molar refractivity (Wildman–Crippen MR) is 106 cm³/mol. The van der Waals surface area contributed by atoms with E-state index in [9.17, 15) is 23.3 Å². The Labute approximate surface area is 167 Å². The molecule has 0 radical (unpaired) electrons. The number of hydrogen-bond donors (Lipinski definition) is 1. The number of non-ortho nitro benzene ring substituents is 1. The average Bonchev–Trinajstić information content (AvgIpc) is 2.96. The minimum absolute atomic E-state index is 0.167. The molecule has 0 unspecified atom stereocenters. The Bertz CT molecular complexity index is 1220. The molecular formula is C19H18N4O5S. The number of carbonyl (C=O) groups is 1. The molecule has 29 heavy (non-hydrogen) atoms. The Kier molecular flexibility index (Phi) is 5.21. The van der Waals surface area contributed by atoms with Crippen molar-refractivity contribution >= 4 is 21.6 Å². The summed E-state index contributed by atoms with van der Waals surface area (Å²) >= 11 is 0. The molecule has 0 aliphatic carbocycles. The van der Waals surface area contributed by atoms with Crippen molar-refractivity contribution in [3.63, 3.8) is 0 Å². The van der Waals surface area contributed by atoms with Crippen molar-refractivity contribution < 1.29 is 18.1 Å². The second-order valence-corrected chi connectivity index (χ2v) is 8.12. The standard InChI is InChI=1S/C19H18N4O5S/c1-12-9-15(23(25)26)6-7-18(12)29(27,28)21-19(24)17-10-13(2)22(14(17)3)16-5-4-8-20-11-16/h4-11H,1-3H3,(H,21,24). The third-order valence-electron chi connectivity index (χ3n) is 4.47. The third kappa shape index (κ3) is 3.87. The van der Waals surface area contributed by atoms with Crippen LogP contribution in [-0.4, -0.2) is 28.8 Å². The van der Waals surface area contributed by atoms with Gasteiger partial charge in [-0.05, 0) is 50.6 Å². The number of rotatable bonds is 5. The van der Waals surface area contributed by atoms with Gasteiger partial charge in [-0.15, -0.1) is 0 Å². The van der Waals surface area contributed by atoms with Gasteiger partial charge in [-0.25, -0.2) is 13.1 Å². The van der Waals surface area contributed by atoms with Crippen LogP contribution in [0.3, 0.4) is 0 Å². The van der Waals surface area contributed by atoms with Gasteiger partial charge >= 0.3 is 0 Å². The summed E-state index contributed by atoms with van der Waals surface area (Å²) in [6.07, 6.45) is 3.27.